The molecule has 0 aliphatic carbocycles. The normalized spacial score (nSPS) is 23.2. The maximum Gasteiger partial charge on any atom is 0.119 e. The van der Waals surface area contributed by atoms with Crippen LogP contribution in [0.4, 0.5) is 0 Å². The van der Waals surface area contributed by atoms with Crippen molar-refractivity contribution < 1.29 is 4.74 Å². The van der Waals surface area contributed by atoms with Gasteiger partial charge in [0, 0.05) is 31.7 Å². The number of benzene rings is 1. The molecule has 3 rings (SSSR count). The highest BCUT2D eigenvalue weighted by atomic mass is 16.5. The van der Waals surface area contributed by atoms with Crippen molar-refractivity contribution in [3.63, 3.8) is 0 Å². The molecule has 0 saturated carbocycles. The number of nitrogens with zero attached hydrogens (tertiary/aromatic N) is 3. The lowest BCUT2D eigenvalue weighted by Crippen LogP contribution is -2.56. The van der Waals surface area contributed by atoms with Gasteiger partial charge in [0.05, 0.1) is 18.2 Å². The van der Waals surface area contributed by atoms with E-state index in [1.165, 1.54) is 51.9 Å². The zero-order valence-electron chi connectivity index (χ0n) is 14.8. The topological polar surface area (TPSA) is 39.5 Å². The molecule has 24 heavy (non-hydrogen) atoms. The van der Waals surface area contributed by atoms with Crippen LogP contribution in [-0.4, -0.2) is 54.7 Å². The summed E-state index contributed by atoms with van der Waals surface area (Å²) in [6.07, 6.45) is 6.43. The van der Waals surface area contributed by atoms with Crippen molar-refractivity contribution in [3.8, 4) is 11.8 Å². The van der Waals surface area contributed by atoms with E-state index in [-0.39, 0.29) is 0 Å². The zero-order chi connectivity index (χ0) is 16.8. The van der Waals surface area contributed by atoms with Gasteiger partial charge in [0.2, 0.25) is 0 Å². The molecule has 0 amide bonds. The molecule has 2 unspecified atom stereocenters. The Morgan fingerprint density at radius 2 is 2.04 bits per heavy atom. The molecule has 2 aliphatic rings. The molecule has 2 aliphatic heterocycles. The monoisotopic (exact) mass is 327 g/mol. The van der Waals surface area contributed by atoms with E-state index < -0.39 is 0 Å². The van der Waals surface area contributed by atoms with E-state index in [4.69, 9.17) is 10.00 Å². The summed E-state index contributed by atoms with van der Waals surface area (Å²) in [7, 11) is 0. The van der Waals surface area contributed by atoms with Crippen LogP contribution in [0.5, 0.6) is 5.75 Å². The number of piperazine rings is 1. The Bertz CT molecular complexity index is 551. The van der Waals surface area contributed by atoms with Crippen molar-refractivity contribution >= 4 is 0 Å². The quantitative estimate of drug-likeness (QED) is 0.752. The first-order chi connectivity index (χ1) is 11.8. The van der Waals surface area contributed by atoms with E-state index in [2.05, 4.69) is 22.8 Å². The minimum Gasteiger partial charge on any atom is -0.494 e. The second-order valence-corrected chi connectivity index (χ2v) is 7.16. The van der Waals surface area contributed by atoms with Crippen molar-refractivity contribution in [2.24, 2.45) is 0 Å². The summed E-state index contributed by atoms with van der Waals surface area (Å²) in [6.45, 7) is 8.13. The third-order valence-electron chi connectivity index (χ3n) is 5.51. The van der Waals surface area contributed by atoms with Crippen LogP contribution in [0.2, 0.25) is 0 Å². The number of fused-ring (bicyclic) bond motifs is 1. The van der Waals surface area contributed by atoms with Gasteiger partial charge in [-0.3, -0.25) is 9.80 Å². The number of piperidine rings is 1. The fourth-order valence-electron chi connectivity index (χ4n) is 3.96. The summed E-state index contributed by atoms with van der Waals surface area (Å²) in [5.41, 5.74) is 0.679. The van der Waals surface area contributed by atoms with Crippen LogP contribution in [0.1, 0.15) is 44.6 Å². The van der Waals surface area contributed by atoms with Crippen molar-refractivity contribution in [1.82, 2.24) is 9.80 Å². The Labute approximate surface area is 146 Å². The van der Waals surface area contributed by atoms with Gasteiger partial charge in [-0.15, -0.1) is 0 Å². The molecule has 2 atom stereocenters. The van der Waals surface area contributed by atoms with Crippen LogP contribution in [0.3, 0.4) is 0 Å². The first-order valence-corrected chi connectivity index (χ1v) is 9.37. The summed E-state index contributed by atoms with van der Waals surface area (Å²) < 4.78 is 5.79. The third-order valence-corrected chi connectivity index (χ3v) is 5.51. The fourth-order valence-corrected chi connectivity index (χ4v) is 3.96. The molecule has 1 aromatic rings. The Morgan fingerprint density at radius 3 is 2.83 bits per heavy atom. The van der Waals surface area contributed by atoms with E-state index in [0.717, 1.165) is 24.8 Å². The Hall–Kier alpha value is -1.57. The smallest absolute Gasteiger partial charge is 0.119 e. The van der Waals surface area contributed by atoms with Crippen molar-refractivity contribution in [2.45, 2.75) is 51.1 Å². The Morgan fingerprint density at radius 1 is 1.21 bits per heavy atom. The zero-order valence-corrected chi connectivity index (χ0v) is 14.8. The van der Waals surface area contributed by atoms with Crippen LogP contribution in [0, 0.1) is 11.3 Å². The maximum absolute atomic E-state index is 8.80. The van der Waals surface area contributed by atoms with E-state index in [1.807, 2.05) is 24.3 Å². The van der Waals surface area contributed by atoms with Gasteiger partial charge in [-0.25, -0.2) is 0 Å². The van der Waals surface area contributed by atoms with Gasteiger partial charge in [0.15, 0.2) is 0 Å². The lowest BCUT2D eigenvalue weighted by molar-refractivity contribution is 0.0282. The second kappa shape index (κ2) is 8.50. The molecule has 0 radical (unpaired) electrons. The summed E-state index contributed by atoms with van der Waals surface area (Å²) in [6, 6.07) is 10.9. The Balaban J connectivity index is 1.36. The number of hydrogen-bond acceptors (Lipinski definition) is 4. The van der Waals surface area contributed by atoms with Gasteiger partial charge in [0.25, 0.3) is 0 Å². The van der Waals surface area contributed by atoms with Crippen LogP contribution in [-0.2, 0) is 0 Å². The highest BCUT2D eigenvalue weighted by molar-refractivity contribution is 5.34. The SMILES string of the molecule is CC(CCCOc1ccc(C#N)cc1)N1CCN2CCCCC2C1. The first-order valence-electron chi connectivity index (χ1n) is 9.37. The molecule has 130 valence electrons. The van der Waals surface area contributed by atoms with Gasteiger partial charge < -0.3 is 4.74 Å². The maximum atomic E-state index is 8.80. The summed E-state index contributed by atoms with van der Waals surface area (Å²) in [5, 5.41) is 8.80. The second-order valence-electron chi connectivity index (χ2n) is 7.16. The summed E-state index contributed by atoms with van der Waals surface area (Å²) in [4.78, 5) is 5.37. The molecule has 2 saturated heterocycles. The minimum atomic E-state index is 0.638. The van der Waals surface area contributed by atoms with Crippen LogP contribution in [0.15, 0.2) is 24.3 Å². The predicted octanol–water partition coefficient (Wildman–Crippen LogP) is 3.28. The molecule has 1 aromatic carbocycles. The van der Waals surface area contributed by atoms with Gasteiger partial charge >= 0.3 is 0 Å². The van der Waals surface area contributed by atoms with Crippen molar-refractivity contribution in [1.29, 1.82) is 5.26 Å². The highest BCUT2D eigenvalue weighted by Gasteiger charge is 2.30. The van der Waals surface area contributed by atoms with E-state index in [1.54, 1.807) is 0 Å². The van der Waals surface area contributed by atoms with Gasteiger partial charge in [-0.1, -0.05) is 6.42 Å². The number of ether oxygens (including phenoxy) is 1. The average molecular weight is 327 g/mol. The van der Waals surface area contributed by atoms with Crippen LogP contribution < -0.4 is 4.74 Å². The molecule has 0 spiro atoms. The molecule has 2 fully saturated rings. The molecule has 4 heteroatoms. The van der Waals surface area contributed by atoms with Crippen LogP contribution in [0.25, 0.3) is 0 Å². The first kappa shape index (κ1) is 17.3. The summed E-state index contributed by atoms with van der Waals surface area (Å²) in [5.74, 6) is 0.859. The number of rotatable bonds is 6. The van der Waals surface area contributed by atoms with Crippen molar-refractivity contribution in [2.75, 3.05) is 32.8 Å². The molecular weight excluding hydrogens is 298 g/mol. The van der Waals surface area contributed by atoms with E-state index in [0.29, 0.717) is 11.6 Å². The molecule has 0 N–H and O–H groups in total. The average Bonchev–Trinajstić information content (AvgIpc) is 2.65. The Kier molecular flexibility index (Phi) is 6.12. The van der Waals surface area contributed by atoms with Gasteiger partial charge in [-0.2, -0.15) is 5.26 Å². The van der Waals surface area contributed by atoms with E-state index >= 15 is 0 Å². The molecule has 0 aromatic heterocycles. The number of hydrogen-bond donors (Lipinski definition) is 0. The third kappa shape index (κ3) is 4.49. The van der Waals surface area contributed by atoms with E-state index in [9.17, 15) is 0 Å². The number of nitriles is 1. The van der Waals surface area contributed by atoms with Crippen molar-refractivity contribution in [3.05, 3.63) is 29.8 Å². The molecule has 4 nitrogen and oxygen atoms in total. The van der Waals surface area contributed by atoms with Gasteiger partial charge in [-0.05, 0) is 63.4 Å². The van der Waals surface area contributed by atoms with Gasteiger partial charge in [0.1, 0.15) is 5.75 Å². The molecule has 2 heterocycles. The molecule has 0 bridgehead atoms. The lowest BCUT2D eigenvalue weighted by atomic mass is 9.98. The van der Waals surface area contributed by atoms with Crippen LogP contribution >= 0.6 is 0 Å². The fraction of sp³-hybridized carbons (Fsp3) is 0.650. The summed E-state index contributed by atoms with van der Waals surface area (Å²) >= 11 is 0. The minimum absolute atomic E-state index is 0.638. The lowest BCUT2D eigenvalue weighted by Gasteiger charge is -2.46. The highest BCUT2D eigenvalue weighted by Crippen LogP contribution is 2.23. The molecular formula is C20H29N3O. The predicted molar refractivity (Wildman–Crippen MR) is 96.1 cm³/mol. The standard InChI is InChI=1S/C20H29N3O/c1-17(23-13-12-22-11-3-2-6-19(22)16-23)5-4-14-24-20-9-7-18(15-21)8-10-20/h7-10,17,19H,2-6,11-14,16H2,1H3. The largest absolute Gasteiger partial charge is 0.494 e.